The molecule has 3 heteroatoms. The smallest absolute Gasteiger partial charge is 0.0639 e. The maximum absolute atomic E-state index is 9.93. The highest BCUT2D eigenvalue weighted by Crippen LogP contribution is 2.47. The standard InChI is InChI=1S/C13H18OS2/c1-9(14)12-13(2,3)8-15-10-6-4-5-7-11(10)16-12/h4-7,9,12,14H,8H2,1-3H3. The van der Waals surface area contributed by atoms with Gasteiger partial charge in [0.15, 0.2) is 0 Å². The molecule has 2 atom stereocenters. The Balaban J connectivity index is 2.34. The lowest BCUT2D eigenvalue weighted by atomic mass is 9.88. The third-order valence-electron chi connectivity index (χ3n) is 2.91. The van der Waals surface area contributed by atoms with Crippen molar-refractivity contribution < 1.29 is 5.11 Å². The van der Waals surface area contributed by atoms with Gasteiger partial charge in [0.1, 0.15) is 0 Å². The summed E-state index contributed by atoms with van der Waals surface area (Å²) < 4.78 is 0. The van der Waals surface area contributed by atoms with Crippen molar-refractivity contribution >= 4 is 23.5 Å². The van der Waals surface area contributed by atoms with Crippen molar-refractivity contribution in [1.29, 1.82) is 0 Å². The maximum Gasteiger partial charge on any atom is 0.0639 e. The average Bonchev–Trinajstić information content (AvgIpc) is 2.36. The first-order chi connectivity index (χ1) is 7.50. The second-order valence-corrected chi connectivity index (χ2v) is 7.20. The number of benzene rings is 1. The van der Waals surface area contributed by atoms with Gasteiger partial charge in [-0.2, -0.15) is 0 Å². The van der Waals surface area contributed by atoms with Gasteiger partial charge in [-0.15, -0.1) is 23.5 Å². The summed E-state index contributed by atoms with van der Waals surface area (Å²) in [5, 5.41) is 10.2. The second kappa shape index (κ2) is 4.63. The van der Waals surface area contributed by atoms with Gasteiger partial charge in [0.05, 0.1) is 6.10 Å². The van der Waals surface area contributed by atoms with Crippen molar-refractivity contribution in [2.45, 2.75) is 41.9 Å². The third-order valence-corrected chi connectivity index (χ3v) is 6.49. The Kier molecular flexibility index (Phi) is 3.57. The molecule has 16 heavy (non-hydrogen) atoms. The van der Waals surface area contributed by atoms with E-state index in [-0.39, 0.29) is 16.8 Å². The molecule has 0 aliphatic carbocycles. The van der Waals surface area contributed by atoms with E-state index in [0.29, 0.717) is 0 Å². The largest absolute Gasteiger partial charge is 0.392 e. The maximum atomic E-state index is 9.93. The van der Waals surface area contributed by atoms with Crippen molar-refractivity contribution in [2.75, 3.05) is 5.75 Å². The summed E-state index contributed by atoms with van der Waals surface area (Å²) in [5.74, 6) is 1.06. The number of fused-ring (bicyclic) bond motifs is 1. The van der Waals surface area contributed by atoms with Gasteiger partial charge < -0.3 is 5.11 Å². The molecule has 0 fully saturated rings. The zero-order valence-corrected chi connectivity index (χ0v) is 11.6. The second-order valence-electron chi connectivity index (χ2n) is 5.00. The normalized spacial score (nSPS) is 25.6. The zero-order chi connectivity index (χ0) is 11.8. The highest BCUT2D eigenvalue weighted by Gasteiger charge is 2.36. The van der Waals surface area contributed by atoms with E-state index in [1.54, 1.807) is 0 Å². The van der Waals surface area contributed by atoms with Crippen LogP contribution in [0, 0.1) is 5.41 Å². The third kappa shape index (κ3) is 2.41. The molecule has 2 unspecified atom stereocenters. The minimum atomic E-state index is -0.272. The Bertz CT molecular complexity index is 374. The number of hydrogen-bond donors (Lipinski definition) is 1. The number of hydrogen-bond acceptors (Lipinski definition) is 3. The summed E-state index contributed by atoms with van der Waals surface area (Å²) in [4.78, 5) is 2.66. The Morgan fingerprint density at radius 3 is 2.56 bits per heavy atom. The van der Waals surface area contributed by atoms with Crippen molar-refractivity contribution in [2.24, 2.45) is 5.41 Å². The fourth-order valence-corrected chi connectivity index (χ4v) is 4.79. The van der Waals surface area contributed by atoms with Crippen LogP contribution in [0.25, 0.3) is 0 Å². The molecule has 0 bridgehead atoms. The Labute approximate surface area is 106 Å². The molecule has 1 aliphatic rings. The molecule has 1 N–H and O–H groups in total. The zero-order valence-electron chi connectivity index (χ0n) is 9.93. The molecule has 1 aromatic carbocycles. The molecule has 0 radical (unpaired) electrons. The van der Waals surface area contributed by atoms with Gasteiger partial charge in [-0.25, -0.2) is 0 Å². The molecule has 88 valence electrons. The van der Waals surface area contributed by atoms with E-state index in [9.17, 15) is 5.11 Å². The highest BCUT2D eigenvalue weighted by molar-refractivity contribution is 8.03. The molecule has 1 heterocycles. The number of thioether (sulfide) groups is 2. The molecule has 1 aromatic rings. The Hall–Kier alpha value is -0.120. The van der Waals surface area contributed by atoms with E-state index in [1.165, 1.54) is 9.79 Å². The molecule has 0 saturated carbocycles. The van der Waals surface area contributed by atoms with Gasteiger partial charge in [-0.1, -0.05) is 26.0 Å². The molecule has 1 nitrogen and oxygen atoms in total. The number of aliphatic hydroxyl groups is 1. The first kappa shape index (κ1) is 12.3. The predicted molar refractivity (Wildman–Crippen MR) is 72.3 cm³/mol. The van der Waals surface area contributed by atoms with Gasteiger partial charge >= 0.3 is 0 Å². The minimum Gasteiger partial charge on any atom is -0.392 e. The van der Waals surface area contributed by atoms with E-state index in [1.807, 2.05) is 30.4 Å². The summed E-state index contributed by atoms with van der Waals surface area (Å²) in [5.41, 5.74) is 0.155. The summed E-state index contributed by atoms with van der Waals surface area (Å²) >= 11 is 3.73. The predicted octanol–water partition coefficient (Wildman–Crippen LogP) is 3.66. The molecule has 0 spiro atoms. The Morgan fingerprint density at radius 2 is 1.94 bits per heavy atom. The fraction of sp³-hybridized carbons (Fsp3) is 0.538. The van der Waals surface area contributed by atoms with Crippen LogP contribution < -0.4 is 0 Å². The van der Waals surface area contributed by atoms with Crippen LogP contribution in [0.4, 0.5) is 0 Å². The summed E-state index contributed by atoms with van der Waals surface area (Å²) in [6.45, 7) is 6.39. The summed E-state index contributed by atoms with van der Waals surface area (Å²) in [6, 6.07) is 8.49. The number of aliphatic hydroxyl groups excluding tert-OH is 1. The lowest BCUT2D eigenvalue weighted by molar-refractivity contribution is 0.149. The van der Waals surface area contributed by atoms with Crippen molar-refractivity contribution in [3.05, 3.63) is 24.3 Å². The van der Waals surface area contributed by atoms with Gasteiger partial charge in [0.25, 0.3) is 0 Å². The molecule has 0 amide bonds. The van der Waals surface area contributed by atoms with E-state index in [0.717, 1.165) is 5.75 Å². The monoisotopic (exact) mass is 254 g/mol. The van der Waals surface area contributed by atoms with Crippen LogP contribution in [0.3, 0.4) is 0 Å². The van der Waals surface area contributed by atoms with Gasteiger partial charge in [-0.05, 0) is 24.5 Å². The summed E-state index contributed by atoms with van der Waals surface area (Å²) in [7, 11) is 0. The summed E-state index contributed by atoms with van der Waals surface area (Å²) in [6.07, 6.45) is -0.272. The van der Waals surface area contributed by atoms with Crippen molar-refractivity contribution in [3.8, 4) is 0 Å². The highest BCUT2D eigenvalue weighted by atomic mass is 32.2. The number of rotatable bonds is 1. The van der Waals surface area contributed by atoms with E-state index in [4.69, 9.17) is 0 Å². The van der Waals surface area contributed by atoms with Crippen LogP contribution in [-0.2, 0) is 0 Å². The van der Waals surface area contributed by atoms with Crippen LogP contribution in [0.5, 0.6) is 0 Å². The van der Waals surface area contributed by atoms with E-state index < -0.39 is 0 Å². The molecule has 0 saturated heterocycles. The average molecular weight is 254 g/mol. The van der Waals surface area contributed by atoms with Crippen molar-refractivity contribution in [3.63, 3.8) is 0 Å². The molecule has 1 aliphatic heterocycles. The SMILES string of the molecule is CC(O)C1Sc2ccccc2SCC1(C)C. The van der Waals surface area contributed by atoms with Crippen LogP contribution in [0.15, 0.2) is 34.1 Å². The molecular formula is C13H18OS2. The van der Waals surface area contributed by atoms with Crippen LogP contribution in [-0.4, -0.2) is 22.2 Å². The van der Waals surface area contributed by atoms with Gasteiger partial charge in [0.2, 0.25) is 0 Å². The molecule has 2 rings (SSSR count). The van der Waals surface area contributed by atoms with Crippen molar-refractivity contribution in [1.82, 2.24) is 0 Å². The van der Waals surface area contributed by atoms with Crippen LogP contribution in [0.1, 0.15) is 20.8 Å². The van der Waals surface area contributed by atoms with Gasteiger partial charge in [0, 0.05) is 20.8 Å². The van der Waals surface area contributed by atoms with Crippen LogP contribution in [0.2, 0.25) is 0 Å². The molecular weight excluding hydrogens is 236 g/mol. The quantitative estimate of drug-likeness (QED) is 0.826. The first-order valence-corrected chi connectivity index (χ1v) is 7.44. The van der Waals surface area contributed by atoms with Crippen LogP contribution >= 0.6 is 23.5 Å². The lowest BCUT2D eigenvalue weighted by Crippen LogP contribution is -2.36. The lowest BCUT2D eigenvalue weighted by Gasteiger charge is -2.33. The Morgan fingerprint density at radius 1 is 1.31 bits per heavy atom. The topological polar surface area (TPSA) is 20.2 Å². The first-order valence-electron chi connectivity index (χ1n) is 5.57. The van der Waals surface area contributed by atoms with Gasteiger partial charge in [-0.3, -0.25) is 0 Å². The minimum absolute atomic E-state index is 0.155. The van der Waals surface area contributed by atoms with E-state index >= 15 is 0 Å². The fourth-order valence-electron chi connectivity index (χ4n) is 2.06. The molecule has 0 aromatic heterocycles. The van der Waals surface area contributed by atoms with E-state index in [2.05, 4.69) is 38.1 Å².